The van der Waals surface area contributed by atoms with Crippen LogP contribution in [0, 0.1) is 0 Å². The SMILES string of the molecule is FC(F)(F)c1cccc(Oc2ccccn2)c1. The Morgan fingerprint density at radius 2 is 1.82 bits per heavy atom. The Morgan fingerprint density at radius 3 is 2.47 bits per heavy atom. The monoisotopic (exact) mass is 239 g/mol. The average molecular weight is 239 g/mol. The zero-order valence-corrected chi connectivity index (χ0v) is 8.61. The number of halogens is 3. The Kier molecular flexibility index (Phi) is 2.99. The third-order valence-corrected chi connectivity index (χ3v) is 2.02. The van der Waals surface area contributed by atoms with E-state index in [2.05, 4.69) is 4.98 Å². The van der Waals surface area contributed by atoms with Crippen molar-refractivity contribution in [3.8, 4) is 11.6 Å². The summed E-state index contributed by atoms with van der Waals surface area (Å²) in [6.07, 6.45) is -2.87. The largest absolute Gasteiger partial charge is 0.439 e. The number of pyridine rings is 1. The van der Waals surface area contributed by atoms with Gasteiger partial charge in [0.25, 0.3) is 0 Å². The normalized spacial score (nSPS) is 11.2. The van der Waals surface area contributed by atoms with Gasteiger partial charge in [0, 0.05) is 12.3 Å². The molecule has 0 saturated carbocycles. The molecule has 2 nitrogen and oxygen atoms in total. The molecule has 0 atom stereocenters. The molecule has 2 rings (SSSR count). The minimum atomic E-state index is -4.37. The van der Waals surface area contributed by atoms with Gasteiger partial charge in [0.15, 0.2) is 0 Å². The Balaban J connectivity index is 2.23. The molecular weight excluding hydrogens is 231 g/mol. The van der Waals surface area contributed by atoms with E-state index in [4.69, 9.17) is 4.74 Å². The van der Waals surface area contributed by atoms with Gasteiger partial charge < -0.3 is 4.74 Å². The van der Waals surface area contributed by atoms with Crippen LogP contribution in [0.25, 0.3) is 0 Å². The van der Waals surface area contributed by atoms with Gasteiger partial charge in [-0.2, -0.15) is 13.2 Å². The van der Waals surface area contributed by atoms with Gasteiger partial charge in [-0.05, 0) is 24.3 Å². The summed E-state index contributed by atoms with van der Waals surface area (Å²) in [5.41, 5.74) is -0.745. The van der Waals surface area contributed by atoms with E-state index >= 15 is 0 Å². The number of aromatic nitrogens is 1. The van der Waals surface area contributed by atoms with E-state index in [0.717, 1.165) is 12.1 Å². The smallest absolute Gasteiger partial charge is 0.416 e. The van der Waals surface area contributed by atoms with E-state index in [1.165, 1.54) is 18.3 Å². The molecule has 0 fully saturated rings. The third kappa shape index (κ3) is 2.96. The van der Waals surface area contributed by atoms with Crippen molar-refractivity contribution in [2.75, 3.05) is 0 Å². The summed E-state index contributed by atoms with van der Waals surface area (Å²) in [5, 5.41) is 0. The lowest BCUT2D eigenvalue weighted by Crippen LogP contribution is -2.04. The lowest BCUT2D eigenvalue weighted by Gasteiger charge is -2.09. The molecule has 1 heterocycles. The zero-order valence-electron chi connectivity index (χ0n) is 8.61. The summed E-state index contributed by atoms with van der Waals surface area (Å²) < 4.78 is 42.5. The van der Waals surface area contributed by atoms with Crippen molar-refractivity contribution in [3.63, 3.8) is 0 Å². The van der Waals surface area contributed by atoms with Gasteiger partial charge in [-0.1, -0.05) is 12.1 Å². The molecule has 0 radical (unpaired) electrons. The topological polar surface area (TPSA) is 22.1 Å². The summed E-state index contributed by atoms with van der Waals surface area (Å²) in [7, 11) is 0. The minimum Gasteiger partial charge on any atom is -0.439 e. The van der Waals surface area contributed by atoms with Crippen LogP contribution in [0.4, 0.5) is 13.2 Å². The Hall–Kier alpha value is -2.04. The first-order valence-corrected chi connectivity index (χ1v) is 4.82. The van der Waals surface area contributed by atoms with Crippen molar-refractivity contribution in [3.05, 3.63) is 54.2 Å². The van der Waals surface area contributed by atoms with E-state index in [-0.39, 0.29) is 11.6 Å². The molecule has 17 heavy (non-hydrogen) atoms. The summed E-state index contributed by atoms with van der Waals surface area (Å²) >= 11 is 0. The van der Waals surface area contributed by atoms with Crippen molar-refractivity contribution >= 4 is 0 Å². The predicted octanol–water partition coefficient (Wildman–Crippen LogP) is 3.89. The van der Waals surface area contributed by atoms with Crippen molar-refractivity contribution in [2.24, 2.45) is 0 Å². The van der Waals surface area contributed by atoms with Crippen LogP contribution in [0.15, 0.2) is 48.7 Å². The summed E-state index contributed by atoms with van der Waals surface area (Å²) in [6, 6.07) is 9.63. The van der Waals surface area contributed by atoms with Gasteiger partial charge >= 0.3 is 6.18 Å². The number of benzene rings is 1. The summed E-state index contributed by atoms with van der Waals surface area (Å²) in [4.78, 5) is 3.86. The fraction of sp³-hybridized carbons (Fsp3) is 0.0833. The van der Waals surface area contributed by atoms with Gasteiger partial charge in [-0.25, -0.2) is 4.98 Å². The van der Waals surface area contributed by atoms with Gasteiger partial charge in [0.2, 0.25) is 5.88 Å². The van der Waals surface area contributed by atoms with Crippen LogP contribution in [0.3, 0.4) is 0 Å². The first-order valence-electron chi connectivity index (χ1n) is 4.82. The van der Waals surface area contributed by atoms with E-state index in [1.54, 1.807) is 18.2 Å². The van der Waals surface area contributed by atoms with E-state index in [9.17, 15) is 13.2 Å². The maximum Gasteiger partial charge on any atom is 0.416 e. The first-order chi connectivity index (χ1) is 8.05. The molecule has 0 saturated heterocycles. The highest BCUT2D eigenvalue weighted by Gasteiger charge is 2.30. The predicted molar refractivity (Wildman–Crippen MR) is 55.8 cm³/mol. The first kappa shape index (κ1) is 11.4. The number of ether oxygens (including phenoxy) is 1. The van der Waals surface area contributed by atoms with Gasteiger partial charge in [0.05, 0.1) is 5.56 Å². The van der Waals surface area contributed by atoms with E-state index in [1.807, 2.05) is 0 Å². The molecule has 0 aliphatic rings. The van der Waals surface area contributed by atoms with Crippen LogP contribution in [0.2, 0.25) is 0 Å². The van der Waals surface area contributed by atoms with Gasteiger partial charge in [-0.15, -0.1) is 0 Å². The second-order valence-corrected chi connectivity index (χ2v) is 3.30. The van der Waals surface area contributed by atoms with Crippen molar-refractivity contribution in [1.29, 1.82) is 0 Å². The number of rotatable bonds is 2. The number of alkyl halides is 3. The van der Waals surface area contributed by atoms with Gasteiger partial charge in [-0.3, -0.25) is 0 Å². The maximum absolute atomic E-state index is 12.4. The molecule has 0 N–H and O–H groups in total. The molecular formula is C12H8F3NO. The van der Waals surface area contributed by atoms with Crippen LogP contribution in [0.5, 0.6) is 11.6 Å². The second kappa shape index (κ2) is 4.45. The Bertz CT molecular complexity index is 497. The molecule has 1 aromatic carbocycles. The lowest BCUT2D eigenvalue weighted by atomic mass is 10.2. The van der Waals surface area contributed by atoms with Crippen molar-refractivity contribution < 1.29 is 17.9 Å². The molecule has 5 heteroatoms. The molecule has 2 aromatic rings. The molecule has 0 bridgehead atoms. The molecule has 0 unspecified atom stereocenters. The zero-order chi connectivity index (χ0) is 12.3. The molecule has 0 aliphatic carbocycles. The van der Waals surface area contributed by atoms with Crippen LogP contribution in [0.1, 0.15) is 5.56 Å². The molecule has 0 spiro atoms. The number of hydrogen-bond donors (Lipinski definition) is 0. The molecule has 88 valence electrons. The van der Waals surface area contributed by atoms with E-state index < -0.39 is 11.7 Å². The highest BCUT2D eigenvalue weighted by Crippen LogP contribution is 2.32. The highest BCUT2D eigenvalue weighted by atomic mass is 19.4. The highest BCUT2D eigenvalue weighted by molar-refractivity contribution is 5.32. The summed E-state index contributed by atoms with van der Waals surface area (Å²) in [6.45, 7) is 0. The Morgan fingerprint density at radius 1 is 1.00 bits per heavy atom. The number of hydrogen-bond acceptors (Lipinski definition) is 2. The van der Waals surface area contributed by atoms with Crippen LogP contribution < -0.4 is 4.74 Å². The lowest BCUT2D eigenvalue weighted by molar-refractivity contribution is -0.137. The molecule has 0 aliphatic heterocycles. The average Bonchev–Trinajstić information content (AvgIpc) is 2.29. The summed E-state index contributed by atoms with van der Waals surface area (Å²) in [5.74, 6) is 0.366. The fourth-order valence-electron chi connectivity index (χ4n) is 1.26. The quantitative estimate of drug-likeness (QED) is 0.793. The minimum absolute atomic E-state index is 0.110. The van der Waals surface area contributed by atoms with Crippen LogP contribution in [-0.2, 0) is 6.18 Å². The third-order valence-electron chi connectivity index (χ3n) is 2.02. The van der Waals surface area contributed by atoms with Crippen LogP contribution >= 0.6 is 0 Å². The standard InChI is InChI=1S/C12H8F3NO/c13-12(14,15)9-4-3-5-10(8-9)17-11-6-1-2-7-16-11/h1-8H. The van der Waals surface area contributed by atoms with Crippen molar-refractivity contribution in [2.45, 2.75) is 6.18 Å². The molecule has 1 aromatic heterocycles. The fourth-order valence-corrected chi connectivity index (χ4v) is 1.26. The maximum atomic E-state index is 12.4. The van der Waals surface area contributed by atoms with Gasteiger partial charge in [0.1, 0.15) is 5.75 Å². The van der Waals surface area contributed by atoms with Crippen molar-refractivity contribution in [1.82, 2.24) is 4.98 Å². The molecule has 0 amide bonds. The Labute approximate surface area is 95.7 Å². The number of nitrogens with zero attached hydrogens (tertiary/aromatic N) is 1. The van der Waals surface area contributed by atoms with Crippen LogP contribution in [-0.4, -0.2) is 4.98 Å². The van der Waals surface area contributed by atoms with E-state index in [0.29, 0.717) is 0 Å². The second-order valence-electron chi connectivity index (χ2n) is 3.30.